The molecule has 1 unspecified atom stereocenters. The summed E-state index contributed by atoms with van der Waals surface area (Å²) >= 11 is 1.42. The van der Waals surface area contributed by atoms with Crippen molar-refractivity contribution in [1.82, 2.24) is 15.6 Å². The van der Waals surface area contributed by atoms with Crippen molar-refractivity contribution in [3.63, 3.8) is 0 Å². The van der Waals surface area contributed by atoms with Crippen molar-refractivity contribution in [2.75, 3.05) is 20.3 Å². The number of carbonyl (C=O) groups is 3. The Hall–Kier alpha value is -3.30. The summed E-state index contributed by atoms with van der Waals surface area (Å²) in [6.07, 6.45) is 0.0354. The van der Waals surface area contributed by atoms with Crippen molar-refractivity contribution in [1.29, 1.82) is 0 Å². The van der Waals surface area contributed by atoms with Crippen molar-refractivity contribution in [3.05, 3.63) is 53.5 Å². The van der Waals surface area contributed by atoms with E-state index < -0.39 is 24.5 Å². The number of benzene rings is 2. The molecule has 0 saturated heterocycles. The second-order valence-corrected chi connectivity index (χ2v) is 7.55. The number of amides is 2. The van der Waals surface area contributed by atoms with Crippen LogP contribution in [0.1, 0.15) is 5.01 Å². The number of hydrogen-bond acceptors (Lipinski definition) is 7. The number of rotatable bonds is 8. The lowest BCUT2D eigenvalue weighted by Gasteiger charge is -2.13. The standard InChI is InChI=1S/C21H21N3O5S/c1-29-21(28)16(12-25)23-19(27)11-22-18(26)10-20-24-15-8-7-14(9-17(15)30-20)13-5-3-2-4-6-13/h2-9,16,25H,10-12H2,1H3,(H,22,26)(H,23,27). The van der Waals surface area contributed by atoms with E-state index in [1.165, 1.54) is 11.3 Å². The molecule has 3 aromatic rings. The molecule has 0 radical (unpaired) electrons. The van der Waals surface area contributed by atoms with E-state index in [4.69, 9.17) is 5.11 Å². The van der Waals surface area contributed by atoms with E-state index in [9.17, 15) is 14.4 Å². The molecule has 2 aromatic carbocycles. The normalized spacial score (nSPS) is 11.7. The fourth-order valence-electron chi connectivity index (χ4n) is 2.80. The van der Waals surface area contributed by atoms with Crippen molar-refractivity contribution < 1.29 is 24.2 Å². The van der Waals surface area contributed by atoms with E-state index >= 15 is 0 Å². The Kier molecular flexibility index (Phi) is 7.10. The summed E-state index contributed by atoms with van der Waals surface area (Å²) in [6, 6.07) is 14.8. The van der Waals surface area contributed by atoms with Gasteiger partial charge >= 0.3 is 5.97 Å². The zero-order valence-corrected chi connectivity index (χ0v) is 17.1. The first-order chi connectivity index (χ1) is 14.5. The number of methoxy groups -OCH3 is 1. The van der Waals surface area contributed by atoms with Crippen molar-refractivity contribution in [2.45, 2.75) is 12.5 Å². The molecule has 0 aliphatic carbocycles. The lowest BCUT2D eigenvalue weighted by Crippen LogP contribution is -2.47. The Bertz CT molecular complexity index is 1050. The number of ether oxygens (including phenoxy) is 1. The van der Waals surface area contributed by atoms with Gasteiger partial charge in [0.2, 0.25) is 11.8 Å². The van der Waals surface area contributed by atoms with Gasteiger partial charge in [0.25, 0.3) is 0 Å². The molecule has 0 fully saturated rings. The number of fused-ring (bicyclic) bond motifs is 1. The van der Waals surface area contributed by atoms with Crippen molar-refractivity contribution in [2.24, 2.45) is 0 Å². The number of esters is 1. The summed E-state index contributed by atoms with van der Waals surface area (Å²) in [7, 11) is 1.15. The zero-order valence-electron chi connectivity index (χ0n) is 16.3. The van der Waals surface area contributed by atoms with Gasteiger partial charge in [-0.25, -0.2) is 9.78 Å². The molecule has 0 spiro atoms. The topological polar surface area (TPSA) is 118 Å². The Morgan fingerprint density at radius 2 is 1.87 bits per heavy atom. The molecule has 0 aliphatic rings. The molecule has 0 bridgehead atoms. The van der Waals surface area contributed by atoms with E-state index in [-0.39, 0.29) is 18.9 Å². The van der Waals surface area contributed by atoms with E-state index in [1.54, 1.807) is 0 Å². The van der Waals surface area contributed by atoms with Crippen molar-refractivity contribution in [3.8, 4) is 11.1 Å². The first-order valence-corrected chi connectivity index (χ1v) is 10.0. The third kappa shape index (κ3) is 5.40. The molecule has 3 rings (SSSR count). The Balaban J connectivity index is 1.57. The van der Waals surface area contributed by atoms with E-state index in [0.29, 0.717) is 5.01 Å². The second kappa shape index (κ2) is 9.95. The molecular weight excluding hydrogens is 406 g/mol. The predicted octanol–water partition coefficient (Wildman–Crippen LogP) is 1.27. The summed E-state index contributed by atoms with van der Waals surface area (Å²) in [5.74, 6) is -1.74. The Morgan fingerprint density at radius 3 is 2.57 bits per heavy atom. The van der Waals surface area contributed by atoms with Crippen LogP contribution in [0.15, 0.2) is 48.5 Å². The van der Waals surface area contributed by atoms with Gasteiger partial charge in [-0.05, 0) is 23.3 Å². The van der Waals surface area contributed by atoms with Crippen LogP contribution in [0.2, 0.25) is 0 Å². The van der Waals surface area contributed by atoms with Gasteiger partial charge in [0, 0.05) is 0 Å². The van der Waals surface area contributed by atoms with Crippen LogP contribution in [0.3, 0.4) is 0 Å². The van der Waals surface area contributed by atoms with Gasteiger partial charge in [-0.1, -0.05) is 36.4 Å². The second-order valence-electron chi connectivity index (χ2n) is 6.44. The number of aliphatic hydroxyl groups excluding tert-OH is 1. The SMILES string of the molecule is COC(=O)C(CO)NC(=O)CNC(=O)Cc1nc2ccc(-c3ccccc3)cc2s1. The number of nitrogens with one attached hydrogen (secondary N) is 2. The van der Waals surface area contributed by atoms with E-state index in [0.717, 1.165) is 28.5 Å². The van der Waals surface area contributed by atoms with Gasteiger partial charge in [-0.3, -0.25) is 9.59 Å². The van der Waals surface area contributed by atoms with Crippen LogP contribution in [-0.2, 0) is 25.5 Å². The summed E-state index contributed by atoms with van der Waals surface area (Å²) in [4.78, 5) is 39.8. The third-order valence-corrected chi connectivity index (χ3v) is 5.32. The van der Waals surface area contributed by atoms with Gasteiger partial charge in [0.15, 0.2) is 6.04 Å². The summed E-state index contributed by atoms with van der Waals surface area (Å²) in [5, 5.41) is 14.5. The van der Waals surface area contributed by atoms with Crippen molar-refractivity contribution >= 4 is 39.3 Å². The number of carbonyl (C=O) groups excluding carboxylic acids is 3. The summed E-state index contributed by atoms with van der Waals surface area (Å²) < 4.78 is 5.44. The number of hydrogen-bond donors (Lipinski definition) is 3. The highest BCUT2D eigenvalue weighted by molar-refractivity contribution is 7.18. The van der Waals surface area contributed by atoms with Crippen LogP contribution < -0.4 is 10.6 Å². The van der Waals surface area contributed by atoms with Crippen LogP contribution in [0.25, 0.3) is 21.3 Å². The molecular formula is C21H21N3O5S. The van der Waals surface area contributed by atoms with Gasteiger partial charge in [-0.15, -0.1) is 11.3 Å². The molecule has 30 heavy (non-hydrogen) atoms. The molecule has 1 atom stereocenters. The van der Waals surface area contributed by atoms with Crippen LogP contribution in [0, 0.1) is 0 Å². The maximum atomic E-state index is 12.2. The molecule has 0 saturated carbocycles. The number of thiazole rings is 1. The number of aromatic nitrogens is 1. The zero-order chi connectivity index (χ0) is 21.5. The summed E-state index contributed by atoms with van der Waals surface area (Å²) in [5.41, 5.74) is 2.98. The lowest BCUT2D eigenvalue weighted by molar-refractivity contribution is -0.146. The third-order valence-electron chi connectivity index (χ3n) is 4.30. The Morgan fingerprint density at radius 1 is 1.10 bits per heavy atom. The van der Waals surface area contributed by atoms with Crippen LogP contribution in [0.4, 0.5) is 0 Å². The van der Waals surface area contributed by atoms with Gasteiger partial charge < -0.3 is 20.5 Å². The quantitative estimate of drug-likeness (QED) is 0.466. The van der Waals surface area contributed by atoms with Crippen LogP contribution >= 0.6 is 11.3 Å². The van der Waals surface area contributed by atoms with Gasteiger partial charge in [-0.2, -0.15) is 0 Å². The maximum absolute atomic E-state index is 12.2. The molecule has 3 N–H and O–H groups in total. The minimum absolute atomic E-state index is 0.0354. The molecule has 156 valence electrons. The first kappa shape index (κ1) is 21.4. The minimum Gasteiger partial charge on any atom is -0.467 e. The van der Waals surface area contributed by atoms with E-state index in [1.807, 2.05) is 48.5 Å². The fraction of sp³-hybridized carbons (Fsp3) is 0.238. The van der Waals surface area contributed by atoms with Gasteiger partial charge in [0.05, 0.1) is 36.9 Å². The number of aliphatic hydroxyl groups is 1. The highest BCUT2D eigenvalue weighted by atomic mass is 32.1. The van der Waals surface area contributed by atoms with Crippen LogP contribution in [0.5, 0.6) is 0 Å². The first-order valence-electron chi connectivity index (χ1n) is 9.19. The number of nitrogens with zero attached hydrogens (tertiary/aromatic N) is 1. The van der Waals surface area contributed by atoms with Crippen LogP contribution in [-0.4, -0.2) is 54.2 Å². The molecule has 0 aliphatic heterocycles. The average molecular weight is 427 g/mol. The lowest BCUT2D eigenvalue weighted by atomic mass is 10.1. The fourth-order valence-corrected chi connectivity index (χ4v) is 3.81. The largest absolute Gasteiger partial charge is 0.467 e. The maximum Gasteiger partial charge on any atom is 0.330 e. The molecule has 2 amide bonds. The Labute approximate surface area is 176 Å². The smallest absolute Gasteiger partial charge is 0.330 e. The van der Waals surface area contributed by atoms with Gasteiger partial charge in [0.1, 0.15) is 5.01 Å². The molecule has 9 heteroatoms. The average Bonchev–Trinajstić information content (AvgIpc) is 3.17. The highest BCUT2D eigenvalue weighted by Crippen LogP contribution is 2.28. The molecule has 1 aromatic heterocycles. The van der Waals surface area contributed by atoms with E-state index in [2.05, 4.69) is 20.4 Å². The molecule has 8 nitrogen and oxygen atoms in total. The monoisotopic (exact) mass is 427 g/mol. The summed E-state index contributed by atoms with van der Waals surface area (Å²) in [6.45, 7) is -0.918. The highest BCUT2D eigenvalue weighted by Gasteiger charge is 2.20. The minimum atomic E-state index is -1.16. The predicted molar refractivity (Wildman–Crippen MR) is 113 cm³/mol. The molecule has 1 heterocycles.